The lowest BCUT2D eigenvalue weighted by Gasteiger charge is -1.96. The summed E-state index contributed by atoms with van der Waals surface area (Å²) in [7, 11) is 0. The molecule has 1 atom stereocenters. The summed E-state index contributed by atoms with van der Waals surface area (Å²) >= 11 is 4.96. The number of halogens is 1. The van der Waals surface area contributed by atoms with Gasteiger partial charge < -0.3 is 10.3 Å². The smallest absolute Gasteiger partial charge is 0.277 e. The highest BCUT2D eigenvalue weighted by Gasteiger charge is 2.16. The van der Waals surface area contributed by atoms with Crippen LogP contribution in [-0.4, -0.2) is 15.1 Å². The van der Waals surface area contributed by atoms with E-state index in [1.807, 2.05) is 36.6 Å². The van der Waals surface area contributed by atoms with E-state index in [-0.39, 0.29) is 6.04 Å². The van der Waals surface area contributed by atoms with E-state index >= 15 is 0 Å². The van der Waals surface area contributed by atoms with Crippen LogP contribution in [0.3, 0.4) is 0 Å². The summed E-state index contributed by atoms with van der Waals surface area (Å²) in [5, 5.41) is 6.71. The van der Waals surface area contributed by atoms with Crippen LogP contribution in [0.5, 0.6) is 0 Å². The molecule has 0 fully saturated rings. The highest BCUT2D eigenvalue weighted by atomic mass is 79.9. The molecule has 0 aliphatic heterocycles. The summed E-state index contributed by atoms with van der Waals surface area (Å²) in [5.74, 6) is 0.932. The summed E-state index contributed by atoms with van der Waals surface area (Å²) in [5.41, 5.74) is 7.34. The molecule has 0 saturated heterocycles. The first-order valence-corrected chi connectivity index (χ1v) is 7.62. The van der Waals surface area contributed by atoms with Crippen LogP contribution in [0.2, 0.25) is 0 Å². The van der Waals surface area contributed by atoms with Crippen molar-refractivity contribution >= 4 is 27.3 Å². The molecular weight excluding hydrogens is 340 g/mol. The summed E-state index contributed by atoms with van der Waals surface area (Å²) in [6, 6.07) is 7.62. The zero-order valence-corrected chi connectivity index (χ0v) is 13.0. The van der Waals surface area contributed by atoms with Crippen LogP contribution in [0, 0.1) is 0 Å². The third kappa shape index (κ3) is 2.52. The van der Waals surface area contributed by atoms with E-state index < -0.39 is 0 Å². The van der Waals surface area contributed by atoms with Crippen LogP contribution in [0.25, 0.3) is 23.0 Å². The molecule has 0 spiro atoms. The van der Waals surface area contributed by atoms with E-state index in [9.17, 15) is 0 Å². The molecule has 0 radical (unpaired) electrons. The number of aromatic nitrogens is 3. The fourth-order valence-corrected chi connectivity index (χ4v) is 2.89. The van der Waals surface area contributed by atoms with Crippen LogP contribution < -0.4 is 5.73 Å². The van der Waals surface area contributed by atoms with E-state index in [0.29, 0.717) is 17.4 Å². The maximum absolute atomic E-state index is 5.80. The Morgan fingerprint density at radius 3 is 2.80 bits per heavy atom. The van der Waals surface area contributed by atoms with E-state index in [4.69, 9.17) is 10.3 Å². The Kier molecular flexibility index (Phi) is 3.64. The second-order valence-electron chi connectivity index (χ2n) is 4.26. The van der Waals surface area contributed by atoms with Crippen molar-refractivity contribution in [3.63, 3.8) is 0 Å². The maximum Gasteiger partial charge on any atom is 0.277 e. The van der Waals surface area contributed by atoms with Gasteiger partial charge in [0.2, 0.25) is 5.82 Å². The molecule has 0 saturated carbocycles. The lowest BCUT2D eigenvalue weighted by Crippen LogP contribution is -2.03. The molecular formula is C13H11BrN4OS. The van der Waals surface area contributed by atoms with Crippen molar-refractivity contribution in [3.8, 4) is 23.0 Å². The van der Waals surface area contributed by atoms with Gasteiger partial charge in [0.05, 0.1) is 6.04 Å². The third-order valence-electron chi connectivity index (χ3n) is 2.67. The molecule has 102 valence electrons. The van der Waals surface area contributed by atoms with Gasteiger partial charge in [-0.25, -0.2) is 4.98 Å². The SMILES string of the molecule is CC(N)c1nc(-c2nc(-c3ccccc3Br)no2)cs1. The molecule has 3 rings (SSSR count). The Hall–Kier alpha value is -1.57. The molecule has 0 amide bonds. The predicted molar refractivity (Wildman–Crippen MR) is 81.1 cm³/mol. The molecule has 2 aromatic heterocycles. The summed E-state index contributed by atoms with van der Waals surface area (Å²) in [6.07, 6.45) is 0. The highest BCUT2D eigenvalue weighted by Crippen LogP contribution is 2.28. The molecule has 20 heavy (non-hydrogen) atoms. The summed E-state index contributed by atoms with van der Waals surface area (Å²) < 4.78 is 6.19. The first-order chi connectivity index (χ1) is 9.65. The Morgan fingerprint density at radius 2 is 2.10 bits per heavy atom. The average Bonchev–Trinajstić information content (AvgIpc) is 3.08. The fourth-order valence-electron chi connectivity index (χ4n) is 1.67. The number of benzene rings is 1. The summed E-state index contributed by atoms with van der Waals surface area (Å²) in [4.78, 5) is 8.77. The lowest BCUT2D eigenvalue weighted by molar-refractivity contribution is 0.431. The van der Waals surface area contributed by atoms with Crippen LogP contribution in [0.4, 0.5) is 0 Å². The Balaban J connectivity index is 1.96. The molecule has 0 aliphatic carbocycles. The average molecular weight is 351 g/mol. The molecule has 3 aromatic rings. The van der Waals surface area contributed by atoms with Crippen LogP contribution >= 0.6 is 27.3 Å². The van der Waals surface area contributed by atoms with Crippen LogP contribution in [0.15, 0.2) is 38.6 Å². The molecule has 2 heterocycles. The fraction of sp³-hybridized carbons (Fsp3) is 0.154. The molecule has 0 bridgehead atoms. The van der Waals surface area contributed by atoms with Gasteiger partial charge in [0.1, 0.15) is 10.7 Å². The van der Waals surface area contributed by atoms with Crippen molar-refractivity contribution in [2.75, 3.05) is 0 Å². The minimum Gasteiger partial charge on any atom is -0.332 e. The van der Waals surface area contributed by atoms with Crippen molar-refractivity contribution in [3.05, 3.63) is 39.1 Å². The van der Waals surface area contributed by atoms with Gasteiger partial charge in [0.25, 0.3) is 5.89 Å². The van der Waals surface area contributed by atoms with Gasteiger partial charge in [-0.2, -0.15) is 4.98 Å². The normalized spacial score (nSPS) is 12.6. The number of nitrogens with zero attached hydrogens (tertiary/aromatic N) is 3. The largest absolute Gasteiger partial charge is 0.332 e. The molecule has 2 N–H and O–H groups in total. The Labute approximate surface area is 128 Å². The monoisotopic (exact) mass is 350 g/mol. The quantitative estimate of drug-likeness (QED) is 0.779. The first-order valence-electron chi connectivity index (χ1n) is 5.95. The Bertz CT molecular complexity index is 737. The number of rotatable bonds is 3. The lowest BCUT2D eigenvalue weighted by atomic mass is 10.2. The second-order valence-corrected chi connectivity index (χ2v) is 6.01. The standard InChI is InChI=1S/C13H11BrN4OS/c1-7(15)13-16-10(6-20-13)12-17-11(18-19-12)8-4-2-3-5-9(8)14/h2-7H,15H2,1H3. The molecule has 1 aromatic carbocycles. The molecule has 7 heteroatoms. The molecule has 5 nitrogen and oxygen atoms in total. The minimum absolute atomic E-state index is 0.0978. The topological polar surface area (TPSA) is 77.8 Å². The highest BCUT2D eigenvalue weighted by molar-refractivity contribution is 9.10. The predicted octanol–water partition coefficient (Wildman–Crippen LogP) is 3.64. The second kappa shape index (κ2) is 5.43. The van der Waals surface area contributed by atoms with Gasteiger partial charge in [-0.15, -0.1) is 11.3 Å². The summed E-state index contributed by atoms with van der Waals surface area (Å²) in [6.45, 7) is 1.89. The zero-order chi connectivity index (χ0) is 14.1. The van der Waals surface area contributed by atoms with Gasteiger partial charge in [0, 0.05) is 15.4 Å². The first kappa shape index (κ1) is 13.4. The van der Waals surface area contributed by atoms with Crippen LogP contribution in [0.1, 0.15) is 18.0 Å². The van der Waals surface area contributed by atoms with E-state index in [1.54, 1.807) is 0 Å². The van der Waals surface area contributed by atoms with E-state index in [1.165, 1.54) is 11.3 Å². The number of hydrogen-bond acceptors (Lipinski definition) is 6. The van der Waals surface area contributed by atoms with Crippen molar-refractivity contribution in [1.29, 1.82) is 0 Å². The minimum atomic E-state index is -0.0978. The van der Waals surface area contributed by atoms with Gasteiger partial charge in [-0.1, -0.05) is 33.2 Å². The zero-order valence-electron chi connectivity index (χ0n) is 10.6. The third-order valence-corrected chi connectivity index (χ3v) is 4.41. The number of thiazole rings is 1. The Morgan fingerprint density at radius 1 is 1.30 bits per heavy atom. The number of hydrogen-bond donors (Lipinski definition) is 1. The van der Waals surface area contributed by atoms with Gasteiger partial charge >= 0.3 is 0 Å². The molecule has 0 aliphatic rings. The number of nitrogens with two attached hydrogens (primary N) is 1. The van der Waals surface area contributed by atoms with E-state index in [2.05, 4.69) is 31.1 Å². The van der Waals surface area contributed by atoms with Gasteiger partial charge in [0.15, 0.2) is 0 Å². The van der Waals surface area contributed by atoms with Gasteiger partial charge in [-0.3, -0.25) is 0 Å². The maximum atomic E-state index is 5.80. The van der Waals surface area contributed by atoms with Crippen LogP contribution in [-0.2, 0) is 0 Å². The van der Waals surface area contributed by atoms with Crippen molar-refractivity contribution in [2.45, 2.75) is 13.0 Å². The van der Waals surface area contributed by atoms with Crippen molar-refractivity contribution < 1.29 is 4.52 Å². The molecule has 1 unspecified atom stereocenters. The van der Waals surface area contributed by atoms with E-state index in [0.717, 1.165) is 15.0 Å². The van der Waals surface area contributed by atoms with Crippen molar-refractivity contribution in [1.82, 2.24) is 15.1 Å². The van der Waals surface area contributed by atoms with Crippen molar-refractivity contribution in [2.24, 2.45) is 5.73 Å². The van der Waals surface area contributed by atoms with Gasteiger partial charge in [-0.05, 0) is 19.1 Å².